The van der Waals surface area contributed by atoms with E-state index in [4.69, 9.17) is 24.7 Å². The number of benzene rings is 1. The maximum absolute atomic E-state index is 6.15. The molecule has 0 fully saturated rings. The second kappa shape index (κ2) is 7.95. The van der Waals surface area contributed by atoms with Gasteiger partial charge in [0.05, 0.1) is 20.3 Å². The number of ether oxygens (including phenoxy) is 4. The largest absolute Gasteiger partial charge is 0.497 e. The summed E-state index contributed by atoms with van der Waals surface area (Å²) in [6, 6.07) is 6.40. The Labute approximate surface area is 171 Å². The fraction of sp³-hybridized carbons (Fsp3) is 0.435. The Morgan fingerprint density at radius 1 is 1.24 bits per heavy atom. The van der Waals surface area contributed by atoms with E-state index in [0.717, 1.165) is 34.6 Å². The van der Waals surface area contributed by atoms with Crippen LogP contribution < -0.4 is 10.5 Å². The van der Waals surface area contributed by atoms with Crippen molar-refractivity contribution in [2.24, 2.45) is 16.6 Å². The summed E-state index contributed by atoms with van der Waals surface area (Å²) in [5, 5.41) is 0. The summed E-state index contributed by atoms with van der Waals surface area (Å²) in [7, 11) is 1.69. The van der Waals surface area contributed by atoms with Crippen LogP contribution in [0.15, 0.2) is 53.3 Å². The molecular weight excluding hydrogens is 368 g/mol. The summed E-state index contributed by atoms with van der Waals surface area (Å²) < 4.78 is 23.1. The van der Waals surface area contributed by atoms with Gasteiger partial charge in [0.15, 0.2) is 5.54 Å². The molecule has 1 aromatic rings. The van der Waals surface area contributed by atoms with Crippen LogP contribution in [-0.4, -0.2) is 39.1 Å². The molecule has 1 aromatic carbocycles. The minimum Gasteiger partial charge on any atom is -0.497 e. The molecule has 1 aliphatic carbocycles. The Kier molecular flexibility index (Phi) is 5.37. The lowest BCUT2D eigenvalue weighted by Gasteiger charge is -2.31. The molecule has 1 spiro atoms. The van der Waals surface area contributed by atoms with Gasteiger partial charge in [-0.2, -0.15) is 0 Å². The average Bonchev–Trinajstić information content (AvgIpc) is 3.05. The lowest BCUT2D eigenvalue weighted by atomic mass is 9.87. The van der Waals surface area contributed by atoms with Crippen LogP contribution in [0.4, 0.5) is 0 Å². The number of hydrogen-bond donors (Lipinski definition) is 1. The van der Waals surface area contributed by atoms with E-state index in [0.29, 0.717) is 25.7 Å². The van der Waals surface area contributed by atoms with Crippen LogP contribution in [0.1, 0.15) is 31.4 Å². The molecule has 3 atom stereocenters. The Morgan fingerprint density at radius 2 is 2.10 bits per heavy atom. The molecule has 0 bridgehead atoms. The first kappa shape index (κ1) is 19.6. The van der Waals surface area contributed by atoms with Gasteiger partial charge < -0.3 is 24.7 Å². The number of fused-ring (bicyclic) bond motifs is 2. The number of rotatable bonds is 2. The number of nitrogens with zero attached hydrogens (tertiary/aromatic N) is 1. The minimum atomic E-state index is -0.697. The first-order valence-electron chi connectivity index (χ1n) is 10.0. The number of nitrogens with two attached hydrogens (primary N) is 1. The lowest BCUT2D eigenvalue weighted by Crippen LogP contribution is -2.37. The maximum atomic E-state index is 6.15. The number of allylic oxidation sites excluding steroid dienone is 5. The molecule has 0 amide bonds. The van der Waals surface area contributed by atoms with Crippen LogP contribution in [0.25, 0.3) is 5.57 Å². The third-order valence-electron chi connectivity index (χ3n) is 5.41. The van der Waals surface area contributed by atoms with Gasteiger partial charge in [0.2, 0.25) is 0 Å². The SMILES string of the molecule is COC1=CC(c2ccc3c(c2)C2(COCC(C)O3)COC(N)=N2)=CC(C)CC=C1. The monoisotopic (exact) mass is 396 g/mol. The molecule has 2 aliphatic heterocycles. The second-order valence-electron chi connectivity index (χ2n) is 7.91. The molecule has 6 heteroatoms. The zero-order valence-electron chi connectivity index (χ0n) is 17.2. The van der Waals surface area contributed by atoms with Crippen LogP contribution in [-0.2, 0) is 19.7 Å². The van der Waals surface area contributed by atoms with Crippen molar-refractivity contribution < 1.29 is 18.9 Å². The van der Waals surface area contributed by atoms with E-state index in [2.05, 4.69) is 42.3 Å². The van der Waals surface area contributed by atoms with Gasteiger partial charge in [0.25, 0.3) is 6.02 Å². The predicted octanol–water partition coefficient (Wildman–Crippen LogP) is 3.53. The van der Waals surface area contributed by atoms with Crippen LogP contribution in [0.2, 0.25) is 0 Å². The molecule has 154 valence electrons. The van der Waals surface area contributed by atoms with Crippen molar-refractivity contribution in [3.8, 4) is 5.75 Å². The molecule has 0 saturated heterocycles. The highest BCUT2D eigenvalue weighted by atomic mass is 16.5. The molecule has 0 radical (unpaired) electrons. The highest BCUT2D eigenvalue weighted by Gasteiger charge is 2.42. The molecule has 0 aromatic heterocycles. The molecule has 3 unspecified atom stereocenters. The van der Waals surface area contributed by atoms with E-state index >= 15 is 0 Å². The molecule has 6 nitrogen and oxygen atoms in total. The Hall–Kier alpha value is -2.73. The number of aliphatic imine (C=N–C) groups is 1. The quantitative estimate of drug-likeness (QED) is 0.828. The average molecular weight is 396 g/mol. The van der Waals surface area contributed by atoms with Crippen LogP contribution in [0, 0.1) is 5.92 Å². The Balaban J connectivity index is 1.83. The van der Waals surface area contributed by atoms with Crippen molar-refractivity contribution in [3.05, 3.63) is 59.4 Å². The van der Waals surface area contributed by atoms with Crippen LogP contribution >= 0.6 is 0 Å². The van der Waals surface area contributed by atoms with Gasteiger partial charge in [-0.1, -0.05) is 25.1 Å². The van der Waals surface area contributed by atoms with Gasteiger partial charge in [-0.15, -0.1) is 0 Å². The van der Waals surface area contributed by atoms with Gasteiger partial charge in [-0.05, 0) is 54.7 Å². The molecule has 3 aliphatic rings. The van der Waals surface area contributed by atoms with Gasteiger partial charge >= 0.3 is 0 Å². The van der Waals surface area contributed by atoms with Crippen molar-refractivity contribution >= 4 is 11.6 Å². The first-order chi connectivity index (χ1) is 14.0. The van der Waals surface area contributed by atoms with Crippen molar-refractivity contribution in [2.75, 3.05) is 26.9 Å². The second-order valence-corrected chi connectivity index (χ2v) is 7.91. The highest BCUT2D eigenvalue weighted by molar-refractivity contribution is 5.78. The topological polar surface area (TPSA) is 75.3 Å². The zero-order valence-corrected chi connectivity index (χ0v) is 17.2. The number of amidine groups is 1. The normalized spacial score (nSPS) is 29.1. The van der Waals surface area contributed by atoms with Gasteiger partial charge in [-0.25, -0.2) is 4.99 Å². The summed E-state index contributed by atoms with van der Waals surface area (Å²) in [6.45, 7) is 5.43. The van der Waals surface area contributed by atoms with Gasteiger partial charge in [0.1, 0.15) is 24.2 Å². The predicted molar refractivity (Wildman–Crippen MR) is 113 cm³/mol. The lowest BCUT2D eigenvalue weighted by molar-refractivity contribution is 0.0113. The standard InChI is InChI=1S/C23H28N2O4/c1-15-5-4-6-19(26-3)10-18(9-15)17-7-8-21-20(11-17)23(14-28-22(24)25-23)13-27-12-16(2)29-21/h4,6-11,15-16H,5,12-14H2,1-3H3,(H2,24,25). The molecular formula is C23H28N2O4. The molecule has 2 heterocycles. The van der Waals surface area contributed by atoms with Gasteiger partial charge in [-0.3, -0.25) is 0 Å². The third kappa shape index (κ3) is 4.03. The Morgan fingerprint density at radius 3 is 2.86 bits per heavy atom. The van der Waals surface area contributed by atoms with Crippen molar-refractivity contribution in [2.45, 2.75) is 31.9 Å². The molecule has 4 rings (SSSR count). The fourth-order valence-corrected chi connectivity index (χ4v) is 3.91. The van der Waals surface area contributed by atoms with E-state index < -0.39 is 5.54 Å². The van der Waals surface area contributed by atoms with E-state index in [1.54, 1.807) is 7.11 Å². The van der Waals surface area contributed by atoms with E-state index in [9.17, 15) is 0 Å². The molecule has 29 heavy (non-hydrogen) atoms. The third-order valence-corrected chi connectivity index (χ3v) is 5.41. The summed E-state index contributed by atoms with van der Waals surface area (Å²) in [4.78, 5) is 4.61. The van der Waals surface area contributed by atoms with Crippen molar-refractivity contribution in [1.29, 1.82) is 0 Å². The zero-order chi connectivity index (χ0) is 20.4. The van der Waals surface area contributed by atoms with E-state index in [1.807, 2.05) is 19.1 Å². The highest BCUT2D eigenvalue weighted by Crippen LogP contribution is 2.40. The van der Waals surface area contributed by atoms with E-state index in [-0.39, 0.29) is 12.1 Å². The summed E-state index contributed by atoms with van der Waals surface area (Å²) in [5.74, 6) is 2.03. The minimum absolute atomic E-state index is 0.0497. The fourth-order valence-electron chi connectivity index (χ4n) is 3.91. The summed E-state index contributed by atoms with van der Waals surface area (Å²) in [5.41, 5.74) is 8.28. The van der Waals surface area contributed by atoms with Crippen LogP contribution in [0.3, 0.4) is 0 Å². The van der Waals surface area contributed by atoms with Gasteiger partial charge in [0, 0.05) is 5.56 Å². The summed E-state index contributed by atoms with van der Waals surface area (Å²) >= 11 is 0. The molecule has 2 N–H and O–H groups in total. The number of methoxy groups -OCH3 is 1. The van der Waals surface area contributed by atoms with Crippen molar-refractivity contribution in [1.82, 2.24) is 0 Å². The summed E-state index contributed by atoms with van der Waals surface area (Å²) in [6.07, 6.45) is 9.40. The van der Waals surface area contributed by atoms with Crippen LogP contribution in [0.5, 0.6) is 5.75 Å². The Bertz CT molecular complexity index is 902. The van der Waals surface area contributed by atoms with Crippen molar-refractivity contribution in [3.63, 3.8) is 0 Å². The molecule has 0 saturated carbocycles. The smallest absolute Gasteiger partial charge is 0.283 e. The van der Waals surface area contributed by atoms with E-state index in [1.165, 1.54) is 0 Å². The maximum Gasteiger partial charge on any atom is 0.283 e. The first-order valence-corrected chi connectivity index (χ1v) is 10.0. The number of hydrogen-bond acceptors (Lipinski definition) is 6.